The summed E-state index contributed by atoms with van der Waals surface area (Å²) in [6.45, 7) is 0. The zero-order valence-electron chi connectivity index (χ0n) is 13.7. The second-order valence-corrected chi connectivity index (χ2v) is 6.15. The molecule has 4 aromatic rings. The fourth-order valence-electron chi connectivity index (χ4n) is 2.96. The average molecular weight is 358 g/mol. The number of carbonyl (C=O) groups is 2. The number of hydrogen-bond donors (Lipinski definition) is 0. The fraction of sp³-hybridized carbons (Fsp3) is 0. The van der Waals surface area contributed by atoms with E-state index >= 15 is 0 Å². The predicted octanol–water partition coefficient (Wildman–Crippen LogP) is 4.55. The van der Waals surface area contributed by atoms with Gasteiger partial charge in [-0.05, 0) is 48.6 Å². The lowest BCUT2D eigenvalue weighted by molar-refractivity contribution is 0.0952. The van der Waals surface area contributed by atoms with Crippen LogP contribution in [0.4, 0.5) is 0 Å². The number of carbonyl (C=O) groups excluding carboxylic acids is 2. The van der Waals surface area contributed by atoms with Crippen molar-refractivity contribution in [1.82, 2.24) is 9.13 Å². The Bertz CT molecular complexity index is 1080. The summed E-state index contributed by atoms with van der Waals surface area (Å²) < 4.78 is 3.00. The van der Waals surface area contributed by atoms with Gasteiger partial charge in [-0.25, -0.2) is 0 Å². The molecule has 4 nitrogen and oxygen atoms in total. The molecule has 26 heavy (non-hydrogen) atoms. The second kappa shape index (κ2) is 6.54. The van der Waals surface area contributed by atoms with Crippen molar-refractivity contribution in [2.24, 2.45) is 0 Å². The summed E-state index contributed by atoms with van der Waals surface area (Å²) in [6.07, 6.45) is 0. The molecule has 0 spiro atoms. The van der Waals surface area contributed by atoms with Gasteiger partial charge in [-0.1, -0.05) is 48.5 Å². The smallest absolute Gasteiger partial charge is 0.264 e. The van der Waals surface area contributed by atoms with Gasteiger partial charge in [-0.3, -0.25) is 18.7 Å². The zero-order chi connectivity index (χ0) is 18.1. The van der Waals surface area contributed by atoms with Crippen LogP contribution in [0.2, 0.25) is 0 Å². The Hall–Kier alpha value is -3.31. The molecule has 0 aliphatic heterocycles. The van der Waals surface area contributed by atoms with Crippen LogP contribution in [0.3, 0.4) is 0 Å². The highest BCUT2D eigenvalue weighted by molar-refractivity contribution is 7.71. The van der Waals surface area contributed by atoms with E-state index in [1.54, 1.807) is 60.7 Å². The van der Waals surface area contributed by atoms with Crippen LogP contribution in [0.1, 0.15) is 20.7 Å². The molecule has 0 N–H and O–H groups in total. The molecule has 0 atom stereocenters. The van der Waals surface area contributed by atoms with Gasteiger partial charge in [0.15, 0.2) is 4.77 Å². The molecule has 0 aliphatic carbocycles. The summed E-state index contributed by atoms with van der Waals surface area (Å²) in [6, 6.07) is 25.0. The molecule has 0 amide bonds. The van der Waals surface area contributed by atoms with E-state index in [1.807, 2.05) is 24.3 Å². The van der Waals surface area contributed by atoms with E-state index in [9.17, 15) is 9.59 Å². The van der Waals surface area contributed by atoms with E-state index in [4.69, 9.17) is 12.2 Å². The summed E-state index contributed by atoms with van der Waals surface area (Å²) in [5.41, 5.74) is 2.24. The Labute approximate surface area is 154 Å². The molecule has 4 rings (SSSR count). The number of imidazole rings is 1. The maximum Gasteiger partial charge on any atom is 0.264 e. The highest BCUT2D eigenvalue weighted by atomic mass is 32.1. The Kier molecular flexibility index (Phi) is 4.07. The van der Waals surface area contributed by atoms with Crippen molar-refractivity contribution < 1.29 is 9.59 Å². The summed E-state index contributed by atoms with van der Waals surface area (Å²) >= 11 is 5.53. The van der Waals surface area contributed by atoms with Crippen LogP contribution in [0.25, 0.3) is 11.0 Å². The van der Waals surface area contributed by atoms with E-state index < -0.39 is 0 Å². The van der Waals surface area contributed by atoms with Crippen molar-refractivity contribution in [1.29, 1.82) is 0 Å². The first kappa shape index (κ1) is 16.2. The molecule has 0 fully saturated rings. The Balaban J connectivity index is 1.97. The van der Waals surface area contributed by atoms with Gasteiger partial charge in [0.25, 0.3) is 11.8 Å². The van der Waals surface area contributed by atoms with Gasteiger partial charge < -0.3 is 0 Å². The van der Waals surface area contributed by atoms with Gasteiger partial charge in [0.05, 0.1) is 11.0 Å². The quantitative estimate of drug-likeness (QED) is 0.494. The van der Waals surface area contributed by atoms with E-state index in [0.717, 1.165) is 0 Å². The second-order valence-electron chi connectivity index (χ2n) is 5.78. The van der Waals surface area contributed by atoms with Crippen molar-refractivity contribution >= 4 is 35.1 Å². The van der Waals surface area contributed by atoms with E-state index in [1.165, 1.54) is 9.13 Å². The number of benzene rings is 3. The van der Waals surface area contributed by atoms with Gasteiger partial charge in [0, 0.05) is 11.1 Å². The molecule has 5 heteroatoms. The molecule has 1 aromatic heterocycles. The lowest BCUT2D eigenvalue weighted by atomic mass is 10.2. The topological polar surface area (TPSA) is 44.0 Å². The largest absolute Gasteiger partial charge is 0.268 e. The lowest BCUT2D eigenvalue weighted by Crippen LogP contribution is -2.16. The molecule has 0 radical (unpaired) electrons. The number of rotatable bonds is 2. The Morgan fingerprint density at radius 1 is 0.577 bits per heavy atom. The van der Waals surface area contributed by atoms with Gasteiger partial charge in [-0.15, -0.1) is 0 Å². The van der Waals surface area contributed by atoms with Crippen molar-refractivity contribution in [2.75, 3.05) is 0 Å². The number of hydrogen-bond acceptors (Lipinski definition) is 3. The normalized spacial score (nSPS) is 10.8. The molecule has 3 aromatic carbocycles. The monoisotopic (exact) mass is 358 g/mol. The standard InChI is InChI=1S/C21H14N2O2S/c24-19(15-9-3-1-4-10-15)22-17-13-7-8-14-18(17)23(21(22)26)20(25)16-11-5-2-6-12-16/h1-14H. The van der Waals surface area contributed by atoms with Crippen LogP contribution in [0, 0.1) is 4.77 Å². The maximum absolute atomic E-state index is 13.0. The SMILES string of the molecule is O=C(c1ccccc1)n1c(=S)n(C(=O)c2ccccc2)c2ccccc21. The van der Waals surface area contributed by atoms with Crippen LogP contribution < -0.4 is 0 Å². The van der Waals surface area contributed by atoms with Crippen molar-refractivity contribution in [3.05, 3.63) is 101 Å². The van der Waals surface area contributed by atoms with Gasteiger partial charge in [0.1, 0.15) is 0 Å². The minimum atomic E-state index is -0.258. The third-order valence-electron chi connectivity index (χ3n) is 4.19. The highest BCUT2D eigenvalue weighted by Crippen LogP contribution is 2.21. The molecule has 0 saturated carbocycles. The van der Waals surface area contributed by atoms with Gasteiger partial charge in [0.2, 0.25) is 0 Å². The zero-order valence-corrected chi connectivity index (χ0v) is 14.5. The van der Waals surface area contributed by atoms with Crippen LogP contribution in [-0.4, -0.2) is 20.9 Å². The maximum atomic E-state index is 13.0. The van der Waals surface area contributed by atoms with Crippen LogP contribution in [0.15, 0.2) is 84.9 Å². The Morgan fingerprint density at radius 2 is 0.923 bits per heavy atom. The first-order chi connectivity index (χ1) is 12.7. The number of nitrogens with zero attached hydrogens (tertiary/aromatic N) is 2. The summed E-state index contributed by atoms with van der Waals surface area (Å²) in [4.78, 5) is 26.1. The van der Waals surface area contributed by atoms with Gasteiger partial charge in [-0.2, -0.15) is 0 Å². The van der Waals surface area contributed by atoms with Gasteiger partial charge >= 0.3 is 0 Å². The van der Waals surface area contributed by atoms with E-state index in [0.29, 0.717) is 22.2 Å². The molecule has 126 valence electrons. The van der Waals surface area contributed by atoms with Crippen molar-refractivity contribution in [3.8, 4) is 0 Å². The minimum Gasteiger partial charge on any atom is -0.268 e. The van der Waals surface area contributed by atoms with E-state index in [2.05, 4.69) is 0 Å². The first-order valence-corrected chi connectivity index (χ1v) is 8.51. The third kappa shape index (κ3) is 2.59. The third-order valence-corrected chi connectivity index (χ3v) is 4.56. The molecule has 0 saturated heterocycles. The summed E-state index contributed by atoms with van der Waals surface area (Å²) in [5.74, 6) is -0.516. The molecular formula is C21H14N2O2S. The number of aromatic nitrogens is 2. The van der Waals surface area contributed by atoms with Crippen LogP contribution in [0.5, 0.6) is 0 Å². The molecule has 0 unspecified atom stereocenters. The first-order valence-electron chi connectivity index (χ1n) is 8.10. The minimum absolute atomic E-state index is 0.161. The van der Waals surface area contributed by atoms with Crippen molar-refractivity contribution in [2.45, 2.75) is 0 Å². The molecular weight excluding hydrogens is 344 g/mol. The van der Waals surface area contributed by atoms with E-state index in [-0.39, 0.29) is 16.6 Å². The summed E-state index contributed by atoms with van der Waals surface area (Å²) in [5, 5.41) is 0. The average Bonchev–Trinajstić information content (AvgIpc) is 3.00. The lowest BCUT2D eigenvalue weighted by Gasteiger charge is -2.04. The fourth-order valence-corrected chi connectivity index (χ4v) is 3.32. The molecule has 0 bridgehead atoms. The van der Waals surface area contributed by atoms with Crippen molar-refractivity contribution in [3.63, 3.8) is 0 Å². The number of fused-ring (bicyclic) bond motifs is 1. The van der Waals surface area contributed by atoms with Crippen LogP contribution >= 0.6 is 12.2 Å². The molecule has 1 heterocycles. The molecule has 0 aliphatic rings. The Morgan fingerprint density at radius 3 is 1.31 bits per heavy atom. The summed E-state index contributed by atoms with van der Waals surface area (Å²) in [7, 11) is 0. The predicted molar refractivity (Wildman–Crippen MR) is 103 cm³/mol. The van der Waals surface area contributed by atoms with Crippen LogP contribution in [-0.2, 0) is 0 Å². The highest BCUT2D eigenvalue weighted by Gasteiger charge is 2.21. The number of para-hydroxylation sites is 2.